The summed E-state index contributed by atoms with van der Waals surface area (Å²) in [5.74, 6) is -0.859. The summed E-state index contributed by atoms with van der Waals surface area (Å²) in [6.45, 7) is 1.15. The number of imide groups is 1. The van der Waals surface area contributed by atoms with E-state index in [0.29, 0.717) is 24.5 Å². The van der Waals surface area contributed by atoms with Crippen LogP contribution in [0.5, 0.6) is 0 Å². The lowest BCUT2D eigenvalue weighted by Gasteiger charge is -2.12. The molecule has 1 saturated heterocycles. The van der Waals surface area contributed by atoms with Crippen LogP contribution in [-0.2, 0) is 4.74 Å². The number of anilines is 1. The Morgan fingerprint density at radius 1 is 1.25 bits per heavy atom. The first-order valence-electron chi connectivity index (χ1n) is 6.28. The minimum Gasteiger partial charge on any atom is -0.379 e. The average Bonchev–Trinajstić information content (AvgIpc) is 2.99. The van der Waals surface area contributed by atoms with Gasteiger partial charge in [-0.2, -0.15) is 0 Å². The zero-order valence-electron chi connectivity index (χ0n) is 10.6. The van der Waals surface area contributed by atoms with E-state index in [1.165, 1.54) is 12.1 Å². The number of fused-ring (bicyclic) bond motifs is 1. The molecule has 1 atom stereocenters. The largest absolute Gasteiger partial charge is 0.379 e. The Labute approximate surface area is 114 Å². The minimum absolute atomic E-state index is 0.00861. The molecule has 0 aliphatic carbocycles. The molecule has 1 unspecified atom stereocenters. The maximum Gasteiger partial charge on any atom is 0.319 e. The van der Waals surface area contributed by atoms with Gasteiger partial charge >= 0.3 is 6.03 Å². The summed E-state index contributed by atoms with van der Waals surface area (Å²) in [6.07, 6.45) is 0.786. The van der Waals surface area contributed by atoms with Crippen molar-refractivity contribution in [3.05, 3.63) is 29.3 Å². The Morgan fingerprint density at radius 3 is 2.80 bits per heavy atom. The lowest BCUT2D eigenvalue weighted by Crippen LogP contribution is -2.38. The lowest BCUT2D eigenvalue weighted by atomic mass is 10.1. The predicted octanol–water partition coefficient (Wildman–Crippen LogP) is 0.481. The minimum atomic E-state index is -0.446. The molecule has 104 valence electrons. The molecule has 0 radical (unpaired) electrons. The average molecular weight is 275 g/mol. The molecule has 3 N–H and O–H groups in total. The summed E-state index contributed by atoms with van der Waals surface area (Å²) in [4.78, 5) is 34.7. The number of nitrogens with one attached hydrogen (secondary N) is 3. The fourth-order valence-electron chi connectivity index (χ4n) is 2.25. The van der Waals surface area contributed by atoms with Crippen molar-refractivity contribution in [2.24, 2.45) is 0 Å². The van der Waals surface area contributed by atoms with Crippen LogP contribution in [0.25, 0.3) is 0 Å². The summed E-state index contributed by atoms with van der Waals surface area (Å²) in [5.41, 5.74) is 1.06. The second-order valence-corrected chi connectivity index (χ2v) is 4.70. The number of benzene rings is 1. The van der Waals surface area contributed by atoms with Gasteiger partial charge in [0.05, 0.1) is 23.8 Å². The van der Waals surface area contributed by atoms with Crippen LogP contribution in [0.1, 0.15) is 27.1 Å². The molecule has 0 aromatic heterocycles. The molecule has 1 aromatic rings. The highest BCUT2D eigenvalue weighted by molar-refractivity contribution is 6.21. The molecule has 2 heterocycles. The van der Waals surface area contributed by atoms with Gasteiger partial charge in [0.1, 0.15) is 0 Å². The summed E-state index contributed by atoms with van der Waals surface area (Å²) < 4.78 is 5.16. The standard InChI is InChI=1S/C13H13N3O4/c17-11-9-2-1-7(5-10(9)12(18)16-11)14-13(19)15-8-3-4-20-6-8/h1-2,5,8H,3-4,6H2,(H2,14,15,19)(H,16,17,18). The molecule has 20 heavy (non-hydrogen) atoms. The third-order valence-electron chi connectivity index (χ3n) is 3.26. The molecular weight excluding hydrogens is 262 g/mol. The number of rotatable bonds is 2. The van der Waals surface area contributed by atoms with E-state index in [0.717, 1.165) is 6.42 Å². The normalized spacial score (nSPS) is 20.5. The fraction of sp³-hybridized carbons (Fsp3) is 0.308. The van der Waals surface area contributed by atoms with Gasteiger partial charge in [-0.15, -0.1) is 0 Å². The Bertz CT molecular complexity index is 593. The summed E-state index contributed by atoms with van der Waals surface area (Å²) >= 11 is 0. The molecule has 4 amide bonds. The van der Waals surface area contributed by atoms with Crippen molar-refractivity contribution in [3.63, 3.8) is 0 Å². The zero-order chi connectivity index (χ0) is 14.1. The van der Waals surface area contributed by atoms with E-state index in [9.17, 15) is 14.4 Å². The summed E-state index contributed by atoms with van der Waals surface area (Å²) in [7, 11) is 0. The molecule has 3 rings (SSSR count). The second-order valence-electron chi connectivity index (χ2n) is 4.70. The van der Waals surface area contributed by atoms with Gasteiger partial charge < -0.3 is 15.4 Å². The van der Waals surface area contributed by atoms with E-state index >= 15 is 0 Å². The van der Waals surface area contributed by atoms with Gasteiger partial charge in [0.2, 0.25) is 0 Å². The Balaban J connectivity index is 1.69. The molecule has 1 fully saturated rings. The molecular formula is C13H13N3O4. The molecule has 0 saturated carbocycles. The van der Waals surface area contributed by atoms with Crippen LogP contribution in [0.3, 0.4) is 0 Å². The smallest absolute Gasteiger partial charge is 0.319 e. The topological polar surface area (TPSA) is 96.5 Å². The number of ether oxygens (including phenoxy) is 1. The van der Waals surface area contributed by atoms with Crippen molar-refractivity contribution >= 4 is 23.5 Å². The van der Waals surface area contributed by atoms with Crippen molar-refractivity contribution in [3.8, 4) is 0 Å². The third kappa shape index (κ3) is 2.35. The summed E-state index contributed by atoms with van der Waals surface area (Å²) in [5, 5.41) is 7.61. The monoisotopic (exact) mass is 275 g/mol. The van der Waals surface area contributed by atoms with Gasteiger partial charge in [-0.3, -0.25) is 14.9 Å². The Kier molecular flexibility index (Phi) is 3.11. The van der Waals surface area contributed by atoms with Crippen LogP contribution in [0, 0.1) is 0 Å². The highest BCUT2D eigenvalue weighted by Gasteiger charge is 2.27. The van der Waals surface area contributed by atoms with Crippen LogP contribution in [-0.4, -0.2) is 37.1 Å². The molecule has 1 aromatic carbocycles. The molecule has 2 aliphatic heterocycles. The number of urea groups is 1. The van der Waals surface area contributed by atoms with Gasteiger partial charge in [-0.1, -0.05) is 0 Å². The molecule has 0 bridgehead atoms. The fourth-order valence-corrected chi connectivity index (χ4v) is 2.25. The number of hydrogen-bond acceptors (Lipinski definition) is 4. The Morgan fingerprint density at radius 2 is 2.05 bits per heavy atom. The van der Waals surface area contributed by atoms with E-state index in [4.69, 9.17) is 4.74 Å². The van der Waals surface area contributed by atoms with E-state index in [1.54, 1.807) is 6.07 Å². The van der Waals surface area contributed by atoms with E-state index < -0.39 is 11.8 Å². The maximum absolute atomic E-state index is 11.8. The van der Waals surface area contributed by atoms with Crippen LogP contribution in [0.4, 0.5) is 10.5 Å². The number of carbonyl (C=O) groups is 3. The van der Waals surface area contributed by atoms with Crippen molar-refractivity contribution in [2.45, 2.75) is 12.5 Å². The third-order valence-corrected chi connectivity index (χ3v) is 3.26. The molecule has 7 heteroatoms. The maximum atomic E-state index is 11.8. The van der Waals surface area contributed by atoms with Crippen LogP contribution >= 0.6 is 0 Å². The van der Waals surface area contributed by atoms with Crippen molar-refractivity contribution < 1.29 is 19.1 Å². The molecule has 2 aliphatic rings. The first-order chi connectivity index (χ1) is 9.63. The highest BCUT2D eigenvalue weighted by Crippen LogP contribution is 2.20. The van der Waals surface area contributed by atoms with Crippen molar-refractivity contribution in [2.75, 3.05) is 18.5 Å². The highest BCUT2D eigenvalue weighted by atomic mass is 16.5. The SMILES string of the molecule is O=C(Nc1ccc2c(c1)C(=O)NC2=O)NC1CCOC1. The molecule has 0 spiro atoms. The van der Waals surface area contributed by atoms with Crippen LogP contribution in [0.15, 0.2) is 18.2 Å². The zero-order valence-corrected chi connectivity index (χ0v) is 10.6. The van der Waals surface area contributed by atoms with Crippen molar-refractivity contribution in [1.82, 2.24) is 10.6 Å². The number of hydrogen-bond donors (Lipinski definition) is 3. The quantitative estimate of drug-likeness (QED) is 0.684. The van der Waals surface area contributed by atoms with Crippen molar-refractivity contribution in [1.29, 1.82) is 0 Å². The number of carbonyl (C=O) groups excluding carboxylic acids is 3. The van der Waals surface area contributed by atoms with Crippen LogP contribution < -0.4 is 16.0 Å². The van der Waals surface area contributed by atoms with E-state index in [1.807, 2.05) is 0 Å². The molecule has 7 nitrogen and oxygen atoms in total. The first kappa shape index (κ1) is 12.6. The predicted molar refractivity (Wildman–Crippen MR) is 69.6 cm³/mol. The van der Waals surface area contributed by atoms with Gasteiger partial charge in [-0.25, -0.2) is 4.79 Å². The van der Waals surface area contributed by atoms with Gasteiger partial charge in [-0.05, 0) is 24.6 Å². The summed E-state index contributed by atoms with van der Waals surface area (Å²) in [6, 6.07) is 4.24. The number of amides is 4. The van der Waals surface area contributed by atoms with E-state index in [-0.39, 0.29) is 17.6 Å². The first-order valence-corrected chi connectivity index (χ1v) is 6.28. The second kappa shape index (κ2) is 4.93. The Hall–Kier alpha value is -2.41. The van der Waals surface area contributed by atoms with Gasteiger partial charge in [0.15, 0.2) is 0 Å². The lowest BCUT2D eigenvalue weighted by molar-refractivity contribution is 0.0879. The van der Waals surface area contributed by atoms with E-state index in [2.05, 4.69) is 16.0 Å². The van der Waals surface area contributed by atoms with Gasteiger partial charge in [0, 0.05) is 12.3 Å². The van der Waals surface area contributed by atoms with Gasteiger partial charge in [0.25, 0.3) is 11.8 Å². The van der Waals surface area contributed by atoms with Crippen LogP contribution in [0.2, 0.25) is 0 Å².